The fourth-order valence-electron chi connectivity index (χ4n) is 3.58. The van der Waals surface area contributed by atoms with Crippen LogP contribution in [0, 0.1) is 23.0 Å². The highest BCUT2D eigenvalue weighted by Gasteiger charge is 2.28. The average Bonchev–Trinajstić information content (AvgIpc) is 3.41. The second-order valence-electron chi connectivity index (χ2n) is 7.03. The van der Waals surface area contributed by atoms with Crippen LogP contribution in [0.25, 0.3) is 17.1 Å². The van der Waals surface area contributed by atoms with Crippen LogP contribution >= 0.6 is 11.6 Å². The molecule has 1 amide bonds. The van der Waals surface area contributed by atoms with Gasteiger partial charge in [0, 0.05) is 24.7 Å². The minimum atomic E-state index is -0.737. The van der Waals surface area contributed by atoms with Crippen molar-refractivity contribution >= 4 is 17.5 Å². The van der Waals surface area contributed by atoms with E-state index in [2.05, 4.69) is 4.98 Å². The zero-order chi connectivity index (χ0) is 22.1. The number of rotatable bonds is 4. The van der Waals surface area contributed by atoms with Gasteiger partial charge in [0.2, 0.25) is 0 Å². The van der Waals surface area contributed by atoms with Gasteiger partial charge in [0.25, 0.3) is 5.91 Å². The van der Waals surface area contributed by atoms with Gasteiger partial charge < -0.3 is 9.64 Å². The van der Waals surface area contributed by atoms with Crippen molar-refractivity contribution in [1.29, 1.82) is 5.26 Å². The summed E-state index contributed by atoms with van der Waals surface area (Å²) in [4.78, 5) is 19.0. The topological polar surface area (TPSA) is 71.1 Å². The maximum Gasteiger partial charge on any atom is 0.275 e. The van der Waals surface area contributed by atoms with Gasteiger partial charge in [-0.3, -0.25) is 9.36 Å². The lowest BCUT2D eigenvalue weighted by Gasteiger charge is -2.14. The first kappa shape index (κ1) is 20.8. The van der Waals surface area contributed by atoms with Crippen molar-refractivity contribution < 1.29 is 18.3 Å². The average molecular weight is 443 g/mol. The Balaban J connectivity index is 1.91. The van der Waals surface area contributed by atoms with Crippen molar-refractivity contribution in [3.05, 3.63) is 64.4 Å². The standard InChI is InChI=1S/C22H17ClF2N4O2/c1-31-18-7-6-15(11-17(18)25)29-20(23)19(22(30)28-8-2-3-9-28)27-21(29)13-4-5-14(12-26)16(24)10-13/h4-7,10-11H,2-3,8-9H2,1H3. The summed E-state index contributed by atoms with van der Waals surface area (Å²) in [6.07, 6.45) is 1.78. The first-order chi connectivity index (χ1) is 14.9. The van der Waals surface area contributed by atoms with Gasteiger partial charge in [-0.15, -0.1) is 0 Å². The van der Waals surface area contributed by atoms with Gasteiger partial charge in [-0.1, -0.05) is 11.6 Å². The number of carbonyl (C=O) groups is 1. The highest BCUT2D eigenvalue weighted by atomic mass is 35.5. The third-order valence-electron chi connectivity index (χ3n) is 5.16. The minimum absolute atomic E-state index is 0.000407. The maximum atomic E-state index is 14.4. The number of ether oxygens (including phenoxy) is 1. The molecule has 3 aromatic rings. The van der Waals surface area contributed by atoms with Crippen LogP contribution in [0.15, 0.2) is 36.4 Å². The van der Waals surface area contributed by atoms with E-state index in [4.69, 9.17) is 21.6 Å². The van der Waals surface area contributed by atoms with Crippen LogP contribution in [0.4, 0.5) is 8.78 Å². The molecule has 0 N–H and O–H groups in total. The molecule has 0 atom stereocenters. The smallest absolute Gasteiger partial charge is 0.275 e. The molecule has 2 heterocycles. The van der Waals surface area contributed by atoms with Crippen LogP contribution in [-0.2, 0) is 0 Å². The highest BCUT2D eigenvalue weighted by Crippen LogP contribution is 2.33. The highest BCUT2D eigenvalue weighted by molar-refractivity contribution is 6.33. The van der Waals surface area contributed by atoms with Gasteiger partial charge in [-0.05, 0) is 43.2 Å². The van der Waals surface area contributed by atoms with E-state index >= 15 is 0 Å². The summed E-state index contributed by atoms with van der Waals surface area (Å²) in [6.45, 7) is 1.19. The number of likely N-dealkylation sites (tertiary alicyclic amines) is 1. The number of benzene rings is 2. The van der Waals surface area contributed by atoms with Crippen molar-refractivity contribution in [3.63, 3.8) is 0 Å². The molecule has 1 aliphatic rings. The van der Waals surface area contributed by atoms with E-state index in [0.29, 0.717) is 13.1 Å². The summed E-state index contributed by atoms with van der Waals surface area (Å²) in [5, 5.41) is 8.99. The van der Waals surface area contributed by atoms with Gasteiger partial charge in [-0.25, -0.2) is 13.8 Å². The molecular formula is C22H17ClF2N4O2. The largest absolute Gasteiger partial charge is 0.494 e. The zero-order valence-electron chi connectivity index (χ0n) is 16.5. The number of nitriles is 1. The summed E-state index contributed by atoms with van der Waals surface area (Å²) in [6, 6.07) is 9.89. The molecule has 1 fully saturated rings. The SMILES string of the molecule is COc1ccc(-n2c(-c3ccc(C#N)c(F)c3)nc(C(=O)N3CCCC3)c2Cl)cc1F. The second-order valence-corrected chi connectivity index (χ2v) is 7.39. The van der Waals surface area contributed by atoms with E-state index in [1.807, 2.05) is 0 Å². The molecule has 0 radical (unpaired) electrons. The molecule has 9 heteroatoms. The molecule has 1 saturated heterocycles. The van der Waals surface area contributed by atoms with Crippen LogP contribution < -0.4 is 4.74 Å². The number of hydrogen-bond donors (Lipinski definition) is 0. The third kappa shape index (κ3) is 3.73. The fourth-order valence-corrected chi connectivity index (χ4v) is 3.88. The number of nitrogens with zero attached hydrogens (tertiary/aromatic N) is 4. The molecule has 0 unspecified atom stereocenters. The van der Waals surface area contributed by atoms with E-state index < -0.39 is 11.6 Å². The van der Waals surface area contributed by atoms with Crippen molar-refractivity contribution in [2.75, 3.05) is 20.2 Å². The quantitative estimate of drug-likeness (QED) is 0.592. The summed E-state index contributed by atoms with van der Waals surface area (Å²) in [7, 11) is 1.35. The predicted octanol–water partition coefficient (Wildman–Crippen LogP) is 4.59. The maximum absolute atomic E-state index is 14.4. The van der Waals surface area contributed by atoms with Crippen LogP contribution in [-0.4, -0.2) is 40.6 Å². The van der Waals surface area contributed by atoms with Crippen molar-refractivity contribution in [1.82, 2.24) is 14.5 Å². The lowest BCUT2D eigenvalue weighted by atomic mass is 10.1. The third-order valence-corrected chi connectivity index (χ3v) is 5.51. The Bertz CT molecular complexity index is 1210. The van der Waals surface area contributed by atoms with Gasteiger partial charge in [0.1, 0.15) is 22.9 Å². The fraction of sp³-hybridized carbons (Fsp3) is 0.227. The Kier molecular flexibility index (Phi) is 5.61. The molecule has 2 aromatic carbocycles. The van der Waals surface area contributed by atoms with E-state index in [9.17, 15) is 13.6 Å². The summed E-state index contributed by atoms with van der Waals surface area (Å²) >= 11 is 6.56. The Hall–Kier alpha value is -3.44. The van der Waals surface area contributed by atoms with Crippen molar-refractivity contribution in [2.45, 2.75) is 12.8 Å². The van der Waals surface area contributed by atoms with Crippen LogP contribution in [0.2, 0.25) is 5.15 Å². The summed E-state index contributed by atoms with van der Waals surface area (Å²) < 4.78 is 35.0. The first-order valence-electron chi connectivity index (χ1n) is 9.56. The Labute approximate surface area is 182 Å². The normalized spacial score (nSPS) is 13.3. The summed E-state index contributed by atoms with van der Waals surface area (Å²) in [5.74, 6) is -1.52. The Morgan fingerprint density at radius 2 is 1.90 bits per heavy atom. The first-order valence-corrected chi connectivity index (χ1v) is 9.94. The number of amides is 1. The molecule has 0 saturated carbocycles. The van der Waals surface area contributed by atoms with Crippen LogP contribution in [0.1, 0.15) is 28.9 Å². The summed E-state index contributed by atoms with van der Waals surface area (Å²) in [5.41, 5.74) is 0.447. The Morgan fingerprint density at radius 1 is 1.16 bits per heavy atom. The van der Waals surface area contributed by atoms with Gasteiger partial charge >= 0.3 is 0 Å². The number of methoxy groups -OCH3 is 1. The molecular weight excluding hydrogens is 426 g/mol. The number of hydrogen-bond acceptors (Lipinski definition) is 4. The molecule has 6 nitrogen and oxygen atoms in total. The Morgan fingerprint density at radius 3 is 2.52 bits per heavy atom. The van der Waals surface area contributed by atoms with Gasteiger partial charge in [0.05, 0.1) is 18.4 Å². The predicted molar refractivity (Wildman–Crippen MR) is 110 cm³/mol. The van der Waals surface area contributed by atoms with Crippen LogP contribution in [0.3, 0.4) is 0 Å². The number of imidazole rings is 1. The lowest BCUT2D eigenvalue weighted by molar-refractivity contribution is 0.0788. The molecule has 1 aliphatic heterocycles. The molecule has 0 aliphatic carbocycles. The monoisotopic (exact) mass is 442 g/mol. The molecule has 4 rings (SSSR count). The number of carbonyl (C=O) groups excluding carboxylic acids is 1. The second kappa shape index (κ2) is 8.36. The van der Waals surface area contributed by atoms with E-state index in [0.717, 1.165) is 18.9 Å². The minimum Gasteiger partial charge on any atom is -0.494 e. The van der Waals surface area contributed by atoms with Crippen LogP contribution in [0.5, 0.6) is 5.75 Å². The number of halogens is 3. The molecule has 0 spiro atoms. The van der Waals surface area contributed by atoms with E-state index in [1.165, 1.54) is 35.9 Å². The number of aromatic nitrogens is 2. The molecule has 158 valence electrons. The van der Waals surface area contributed by atoms with Crippen molar-refractivity contribution in [3.8, 4) is 28.9 Å². The molecule has 1 aromatic heterocycles. The molecule has 0 bridgehead atoms. The van der Waals surface area contributed by atoms with Gasteiger partial charge in [-0.2, -0.15) is 5.26 Å². The zero-order valence-corrected chi connectivity index (χ0v) is 17.3. The van der Waals surface area contributed by atoms with E-state index in [-0.39, 0.29) is 45.1 Å². The van der Waals surface area contributed by atoms with Gasteiger partial charge in [0.15, 0.2) is 17.3 Å². The van der Waals surface area contributed by atoms with E-state index in [1.54, 1.807) is 17.0 Å². The van der Waals surface area contributed by atoms with Crippen molar-refractivity contribution in [2.24, 2.45) is 0 Å². The molecule has 31 heavy (non-hydrogen) atoms. The lowest BCUT2D eigenvalue weighted by Crippen LogP contribution is -2.28.